The second-order valence-electron chi connectivity index (χ2n) is 11.0. The first-order chi connectivity index (χ1) is 19.5. The molecule has 41 heavy (non-hydrogen) atoms. The van der Waals surface area contributed by atoms with Crippen LogP contribution in [0.25, 0.3) is 0 Å². The topological polar surface area (TPSA) is 140 Å². The molecule has 0 saturated heterocycles. The normalized spacial score (nSPS) is 27.9. The summed E-state index contributed by atoms with van der Waals surface area (Å²) in [5, 5.41) is 30.5. The van der Waals surface area contributed by atoms with Gasteiger partial charge in [-0.15, -0.1) is 0 Å². The molecular weight excluding hydrogens is 531 g/mol. The first kappa shape index (κ1) is 30.4. The highest BCUT2D eigenvalue weighted by Gasteiger charge is 2.52. The Balaban J connectivity index is 1.61. The predicted octanol–water partition coefficient (Wildman–Crippen LogP) is 1.20. The molecule has 1 saturated carbocycles. The maximum absolute atomic E-state index is 13.5. The van der Waals surface area contributed by atoms with Gasteiger partial charge in [-0.25, -0.2) is 4.39 Å². The molecule has 2 aromatic rings. The number of nitrogens with one attached hydrogen (secondary N) is 3. The number of para-hydroxylation sites is 1. The molecule has 0 spiro atoms. The number of amides is 3. The van der Waals surface area contributed by atoms with Crippen LogP contribution in [0, 0.1) is 5.82 Å². The lowest BCUT2D eigenvalue weighted by Gasteiger charge is -2.32. The molecule has 0 bridgehead atoms. The van der Waals surface area contributed by atoms with Gasteiger partial charge in [0.25, 0.3) is 0 Å². The molecule has 2 aliphatic rings. The van der Waals surface area contributed by atoms with E-state index in [1.807, 2.05) is 6.92 Å². The van der Waals surface area contributed by atoms with Gasteiger partial charge in [0.15, 0.2) is 0 Å². The number of halogens is 1. The molecule has 222 valence electrons. The zero-order valence-electron chi connectivity index (χ0n) is 23.6. The van der Waals surface area contributed by atoms with Gasteiger partial charge in [-0.3, -0.25) is 19.7 Å². The Morgan fingerprint density at radius 2 is 1.73 bits per heavy atom. The van der Waals surface area contributed by atoms with Crippen LogP contribution in [0.2, 0.25) is 0 Å². The number of likely N-dealkylation sites (N-methyl/N-ethyl adjacent to an activating group) is 1. The monoisotopic (exact) mass is 570 g/mol. The summed E-state index contributed by atoms with van der Waals surface area (Å²) in [6.45, 7) is 3.71. The Hall–Kier alpha value is -3.54. The number of aliphatic hydroxyl groups is 2. The van der Waals surface area contributed by atoms with E-state index >= 15 is 0 Å². The molecule has 0 radical (unpaired) electrons. The van der Waals surface area contributed by atoms with Crippen molar-refractivity contribution in [3.05, 3.63) is 65.5 Å². The van der Waals surface area contributed by atoms with Gasteiger partial charge in [0.1, 0.15) is 35.8 Å². The summed E-state index contributed by atoms with van der Waals surface area (Å²) in [6.07, 6.45) is -0.199. The lowest BCUT2D eigenvalue weighted by Crippen LogP contribution is -2.59. The third kappa shape index (κ3) is 7.60. The first-order valence-electron chi connectivity index (χ1n) is 14.0. The van der Waals surface area contributed by atoms with E-state index in [1.165, 1.54) is 36.2 Å². The smallest absolute Gasteiger partial charge is 0.243 e. The molecule has 0 aromatic heterocycles. The third-order valence-electron chi connectivity index (χ3n) is 7.77. The van der Waals surface area contributed by atoms with E-state index in [-0.39, 0.29) is 25.9 Å². The Bertz CT molecular complexity index is 1240. The van der Waals surface area contributed by atoms with Gasteiger partial charge in [-0.05, 0) is 56.9 Å². The number of aliphatic hydroxyl groups excluding tert-OH is 1. The number of hydrogen-bond donors (Lipinski definition) is 5. The second-order valence-corrected chi connectivity index (χ2v) is 11.0. The molecular formula is C30H39FN4O6. The second kappa shape index (κ2) is 13.0. The van der Waals surface area contributed by atoms with Gasteiger partial charge in [-0.1, -0.05) is 30.3 Å². The van der Waals surface area contributed by atoms with Gasteiger partial charge < -0.3 is 30.5 Å². The molecule has 11 heteroatoms. The third-order valence-corrected chi connectivity index (χ3v) is 7.77. The van der Waals surface area contributed by atoms with Crippen molar-refractivity contribution in [3.63, 3.8) is 0 Å². The zero-order chi connectivity index (χ0) is 29.7. The Morgan fingerprint density at radius 3 is 2.41 bits per heavy atom. The maximum atomic E-state index is 13.5. The van der Waals surface area contributed by atoms with Crippen LogP contribution in [0.5, 0.6) is 5.75 Å². The zero-order valence-corrected chi connectivity index (χ0v) is 23.6. The molecule has 1 aliphatic carbocycles. The molecule has 1 aliphatic heterocycles. The lowest BCUT2D eigenvalue weighted by molar-refractivity contribution is -0.143. The fourth-order valence-electron chi connectivity index (χ4n) is 4.87. The van der Waals surface area contributed by atoms with Gasteiger partial charge in [0.05, 0.1) is 11.7 Å². The van der Waals surface area contributed by atoms with Crippen molar-refractivity contribution in [2.24, 2.45) is 0 Å². The summed E-state index contributed by atoms with van der Waals surface area (Å²) in [4.78, 5) is 41.3. The van der Waals surface area contributed by atoms with E-state index in [0.717, 1.165) is 0 Å². The van der Waals surface area contributed by atoms with Crippen LogP contribution in [0.4, 0.5) is 4.39 Å². The van der Waals surface area contributed by atoms with Crippen LogP contribution in [0.15, 0.2) is 48.5 Å². The fraction of sp³-hybridized carbons (Fsp3) is 0.500. The van der Waals surface area contributed by atoms with E-state index in [0.29, 0.717) is 29.7 Å². The van der Waals surface area contributed by atoms with Crippen LogP contribution >= 0.6 is 0 Å². The van der Waals surface area contributed by atoms with Gasteiger partial charge in [-0.2, -0.15) is 0 Å². The van der Waals surface area contributed by atoms with E-state index in [2.05, 4.69) is 16.0 Å². The van der Waals surface area contributed by atoms with Crippen LogP contribution in [-0.2, 0) is 20.8 Å². The molecule has 10 nitrogen and oxygen atoms in total. The number of fused-ring (bicyclic) bond motifs is 1. The number of carbonyl (C=O) groups excluding carboxylic acids is 3. The fourth-order valence-corrected chi connectivity index (χ4v) is 4.87. The minimum atomic E-state index is -1.23. The van der Waals surface area contributed by atoms with Crippen molar-refractivity contribution in [2.75, 3.05) is 20.1 Å². The first-order valence-corrected chi connectivity index (χ1v) is 14.0. The Labute approximate surface area is 239 Å². The molecule has 4 rings (SSSR count). The van der Waals surface area contributed by atoms with Gasteiger partial charge >= 0.3 is 0 Å². The number of rotatable bonds is 3. The van der Waals surface area contributed by atoms with Gasteiger partial charge in [0.2, 0.25) is 17.7 Å². The average molecular weight is 571 g/mol. The van der Waals surface area contributed by atoms with E-state index < -0.39 is 59.5 Å². The quantitative estimate of drug-likeness (QED) is 0.374. The summed E-state index contributed by atoms with van der Waals surface area (Å²) in [7, 11) is 1.48. The molecule has 1 heterocycles. The number of nitrogens with zero attached hydrogens (tertiary/aromatic N) is 1. The van der Waals surface area contributed by atoms with Crippen LogP contribution in [0.3, 0.4) is 0 Å². The maximum Gasteiger partial charge on any atom is 0.243 e. The number of carbonyl (C=O) groups is 3. The largest absolute Gasteiger partial charge is 0.489 e. The molecule has 5 atom stereocenters. The minimum Gasteiger partial charge on any atom is -0.489 e. The summed E-state index contributed by atoms with van der Waals surface area (Å²) >= 11 is 0. The van der Waals surface area contributed by atoms with Crippen LogP contribution in [-0.4, -0.2) is 82.8 Å². The van der Waals surface area contributed by atoms with E-state index in [4.69, 9.17) is 4.74 Å². The highest BCUT2D eigenvalue weighted by atomic mass is 19.1. The Morgan fingerprint density at radius 1 is 1.05 bits per heavy atom. The highest BCUT2D eigenvalue weighted by Crippen LogP contribution is 2.39. The average Bonchev–Trinajstić information content (AvgIpc) is 3.70. The summed E-state index contributed by atoms with van der Waals surface area (Å²) < 4.78 is 19.6. The SMILES string of the molecule is C[C@@H]1CN[C@@H](C2(O)CC2)C(=O)N(C)[C@H](C)C(=O)N[C@H](Cc2ccc(F)cc2)C(=O)NCCC(O)c2ccccc2O1. The summed E-state index contributed by atoms with van der Waals surface area (Å²) in [6, 6.07) is 9.73. The highest BCUT2D eigenvalue weighted by molar-refractivity contribution is 5.93. The number of ether oxygens (including phenoxy) is 1. The number of hydrogen-bond acceptors (Lipinski definition) is 7. The number of benzene rings is 2. The van der Waals surface area contributed by atoms with Gasteiger partial charge in [0, 0.05) is 32.1 Å². The van der Waals surface area contributed by atoms with Crippen molar-refractivity contribution in [1.82, 2.24) is 20.9 Å². The van der Waals surface area contributed by atoms with Crippen molar-refractivity contribution < 1.29 is 33.7 Å². The van der Waals surface area contributed by atoms with E-state index in [9.17, 15) is 29.0 Å². The van der Waals surface area contributed by atoms with Crippen molar-refractivity contribution in [2.45, 2.75) is 75.5 Å². The summed E-state index contributed by atoms with van der Waals surface area (Å²) in [5.41, 5.74) is -0.0549. The predicted molar refractivity (Wildman–Crippen MR) is 149 cm³/mol. The van der Waals surface area contributed by atoms with Crippen LogP contribution in [0.1, 0.15) is 50.3 Å². The molecule has 1 unspecified atom stereocenters. The minimum absolute atomic E-state index is 0.0866. The molecule has 1 fully saturated rings. The lowest BCUT2D eigenvalue weighted by atomic mass is 10.0. The molecule has 5 N–H and O–H groups in total. The van der Waals surface area contributed by atoms with E-state index in [1.54, 1.807) is 31.2 Å². The van der Waals surface area contributed by atoms with Crippen molar-refractivity contribution in [1.29, 1.82) is 0 Å². The standard InChI is InChI=1S/C30H39FN4O6/c1-18-17-33-26(30(40)13-14-30)29(39)35(3)19(2)27(37)34-23(16-20-8-10-21(31)11-9-20)28(38)32-15-12-24(36)22-6-4-5-7-25(22)41-18/h4-11,18-19,23-24,26,33,36,40H,12-17H2,1-3H3,(H,32,38)(H,34,37)/t18-,19-,23-,24?,26-/m1/s1. The summed E-state index contributed by atoms with van der Waals surface area (Å²) in [5.74, 6) is -1.45. The molecule has 3 amide bonds. The van der Waals surface area contributed by atoms with Crippen LogP contribution < -0.4 is 20.7 Å². The Kier molecular flexibility index (Phi) is 9.62. The van der Waals surface area contributed by atoms with Crippen molar-refractivity contribution >= 4 is 17.7 Å². The van der Waals surface area contributed by atoms with Crippen molar-refractivity contribution in [3.8, 4) is 5.75 Å². The molecule has 2 aromatic carbocycles.